The number of anilines is 1. The van der Waals surface area contributed by atoms with Gasteiger partial charge in [0.1, 0.15) is 12.0 Å². The second-order valence-electron chi connectivity index (χ2n) is 6.29. The minimum Gasteiger partial charge on any atom is -0.371 e. The molecule has 1 aliphatic heterocycles. The summed E-state index contributed by atoms with van der Waals surface area (Å²) in [5.74, 6) is 0. The first-order valence-electron chi connectivity index (χ1n) is 8.50. The number of fused-ring (bicyclic) bond motifs is 1. The van der Waals surface area contributed by atoms with Gasteiger partial charge in [0.05, 0.1) is 0 Å². The van der Waals surface area contributed by atoms with Crippen LogP contribution in [0.25, 0.3) is 22.2 Å². The highest BCUT2D eigenvalue weighted by atomic mass is 15.1. The number of nitrogens with zero attached hydrogens (tertiary/aromatic N) is 4. The van der Waals surface area contributed by atoms with Gasteiger partial charge in [0.15, 0.2) is 0 Å². The highest BCUT2D eigenvalue weighted by Gasteiger charge is 2.20. The van der Waals surface area contributed by atoms with E-state index in [0.29, 0.717) is 6.04 Å². The van der Waals surface area contributed by atoms with Gasteiger partial charge < -0.3 is 15.2 Å². The molecule has 1 fully saturated rings. The van der Waals surface area contributed by atoms with E-state index < -0.39 is 0 Å². The van der Waals surface area contributed by atoms with E-state index in [1.165, 1.54) is 18.5 Å². The first-order valence-corrected chi connectivity index (χ1v) is 8.50. The normalized spacial score (nSPS) is 18.7. The molecule has 0 saturated carbocycles. The first-order chi connectivity index (χ1) is 11.9. The number of rotatable bonds is 3. The van der Waals surface area contributed by atoms with E-state index in [0.717, 1.165) is 41.7 Å². The summed E-state index contributed by atoms with van der Waals surface area (Å²) in [5.41, 5.74) is 4.29. The number of aromatic nitrogens is 4. The smallest absolute Gasteiger partial charge is 0.139 e. The molecule has 2 N–H and O–H groups in total. The molecule has 3 aromatic rings. The molecule has 0 amide bonds. The van der Waals surface area contributed by atoms with Crippen molar-refractivity contribution in [2.24, 2.45) is 0 Å². The van der Waals surface area contributed by atoms with E-state index in [9.17, 15) is 0 Å². The molecule has 124 valence electrons. The minimum absolute atomic E-state index is 0.612. The van der Waals surface area contributed by atoms with Crippen LogP contribution in [0, 0.1) is 0 Å². The second-order valence-corrected chi connectivity index (χ2v) is 6.29. The van der Waals surface area contributed by atoms with Crippen LogP contribution < -0.4 is 10.2 Å². The summed E-state index contributed by atoms with van der Waals surface area (Å²) in [7, 11) is 2.06. The third-order valence-electron chi connectivity index (χ3n) is 4.90. The number of nitrogens with one attached hydrogen (secondary N) is 2. The molecule has 24 heavy (non-hydrogen) atoms. The van der Waals surface area contributed by atoms with Crippen molar-refractivity contribution >= 4 is 16.7 Å². The van der Waals surface area contributed by atoms with Gasteiger partial charge in [-0.25, -0.2) is 15.0 Å². The second kappa shape index (κ2) is 6.57. The molecule has 6 heteroatoms. The molecular formula is C18H22N6. The summed E-state index contributed by atoms with van der Waals surface area (Å²) in [5, 5.41) is 4.59. The summed E-state index contributed by atoms with van der Waals surface area (Å²) in [6, 6.07) is 2.74. The molecule has 1 saturated heterocycles. The van der Waals surface area contributed by atoms with Crippen LogP contribution in [0.3, 0.4) is 0 Å². The highest BCUT2D eigenvalue weighted by molar-refractivity contribution is 6.02. The molecule has 3 aromatic heterocycles. The molecule has 6 nitrogen and oxygen atoms in total. The average Bonchev–Trinajstić information content (AvgIpc) is 2.93. The van der Waals surface area contributed by atoms with Crippen molar-refractivity contribution in [2.75, 3.05) is 25.0 Å². The molecule has 1 unspecified atom stereocenters. The van der Waals surface area contributed by atoms with Crippen molar-refractivity contribution in [1.82, 2.24) is 25.3 Å². The Morgan fingerprint density at radius 3 is 2.92 bits per heavy atom. The lowest BCUT2D eigenvalue weighted by atomic mass is 10.1. The Morgan fingerprint density at radius 2 is 2.08 bits per heavy atom. The van der Waals surface area contributed by atoms with Gasteiger partial charge in [-0.3, -0.25) is 0 Å². The average molecular weight is 322 g/mol. The largest absolute Gasteiger partial charge is 0.371 e. The Kier molecular flexibility index (Phi) is 4.13. The number of hydrogen-bond donors (Lipinski definition) is 2. The van der Waals surface area contributed by atoms with Crippen LogP contribution in [0.5, 0.6) is 0 Å². The lowest BCUT2D eigenvalue weighted by Crippen LogP contribution is -2.28. The summed E-state index contributed by atoms with van der Waals surface area (Å²) in [6.45, 7) is 2.13. The molecule has 0 bridgehead atoms. The van der Waals surface area contributed by atoms with Crippen molar-refractivity contribution in [2.45, 2.75) is 25.3 Å². The van der Waals surface area contributed by atoms with Crippen molar-refractivity contribution < 1.29 is 0 Å². The zero-order chi connectivity index (χ0) is 16.4. The molecule has 0 aromatic carbocycles. The molecule has 4 heterocycles. The van der Waals surface area contributed by atoms with Gasteiger partial charge in [0, 0.05) is 66.1 Å². The maximum atomic E-state index is 4.50. The van der Waals surface area contributed by atoms with Gasteiger partial charge in [-0.2, -0.15) is 0 Å². The van der Waals surface area contributed by atoms with E-state index in [2.05, 4.69) is 43.3 Å². The first kappa shape index (κ1) is 15.1. The van der Waals surface area contributed by atoms with E-state index in [-0.39, 0.29) is 0 Å². The van der Waals surface area contributed by atoms with Crippen molar-refractivity contribution in [3.05, 3.63) is 37.2 Å². The van der Waals surface area contributed by atoms with Crippen LogP contribution in [0.2, 0.25) is 0 Å². The summed E-state index contributed by atoms with van der Waals surface area (Å²) >= 11 is 0. The monoisotopic (exact) mass is 322 g/mol. The van der Waals surface area contributed by atoms with E-state index >= 15 is 0 Å². The third kappa shape index (κ3) is 2.73. The standard InChI is InChI=1S/C18H22N6/c1-19-14-3-2-7-24(8-5-14)16-4-6-22-18-17(16)15(11-23-18)13-9-20-12-21-10-13/h4,6,9-12,14,19H,2-3,5,7-8H2,1H3,(H,22,23). The van der Waals surface area contributed by atoms with Gasteiger partial charge in [-0.1, -0.05) is 0 Å². The maximum absolute atomic E-state index is 4.50. The van der Waals surface area contributed by atoms with Crippen LogP contribution >= 0.6 is 0 Å². The predicted molar refractivity (Wildman–Crippen MR) is 96.0 cm³/mol. The Bertz CT molecular complexity index is 813. The van der Waals surface area contributed by atoms with Gasteiger partial charge >= 0.3 is 0 Å². The molecular weight excluding hydrogens is 300 g/mol. The Labute approximate surface area is 141 Å². The molecule has 1 atom stereocenters. The Balaban J connectivity index is 1.77. The topological polar surface area (TPSA) is 69.7 Å². The quantitative estimate of drug-likeness (QED) is 0.776. The van der Waals surface area contributed by atoms with Crippen molar-refractivity contribution in [3.8, 4) is 11.1 Å². The van der Waals surface area contributed by atoms with Crippen LogP contribution in [-0.2, 0) is 0 Å². The highest BCUT2D eigenvalue weighted by Crippen LogP contribution is 2.35. The fourth-order valence-electron chi connectivity index (χ4n) is 3.59. The zero-order valence-electron chi connectivity index (χ0n) is 13.9. The van der Waals surface area contributed by atoms with Crippen molar-refractivity contribution in [3.63, 3.8) is 0 Å². The van der Waals surface area contributed by atoms with E-state index in [1.54, 1.807) is 6.33 Å². The predicted octanol–water partition coefficient (Wildman–Crippen LogP) is 2.60. The number of aromatic amines is 1. The summed E-state index contributed by atoms with van der Waals surface area (Å²) < 4.78 is 0. The minimum atomic E-state index is 0.612. The summed E-state index contributed by atoms with van der Waals surface area (Å²) in [4.78, 5) is 18.6. The zero-order valence-corrected chi connectivity index (χ0v) is 13.9. The molecule has 0 radical (unpaired) electrons. The van der Waals surface area contributed by atoms with E-state index in [4.69, 9.17) is 0 Å². The van der Waals surface area contributed by atoms with Gasteiger partial charge in [-0.15, -0.1) is 0 Å². The molecule has 0 spiro atoms. The van der Waals surface area contributed by atoms with Crippen LogP contribution in [0.4, 0.5) is 5.69 Å². The molecule has 0 aliphatic carbocycles. The van der Waals surface area contributed by atoms with Crippen molar-refractivity contribution in [1.29, 1.82) is 0 Å². The number of pyridine rings is 1. The van der Waals surface area contributed by atoms with Crippen LogP contribution in [-0.4, -0.2) is 46.1 Å². The lowest BCUT2D eigenvalue weighted by molar-refractivity contribution is 0.512. The fraction of sp³-hybridized carbons (Fsp3) is 0.389. The molecule has 4 rings (SSSR count). The van der Waals surface area contributed by atoms with Gasteiger partial charge in [0.25, 0.3) is 0 Å². The van der Waals surface area contributed by atoms with Crippen LogP contribution in [0.1, 0.15) is 19.3 Å². The molecule has 1 aliphatic rings. The number of H-pyrrole nitrogens is 1. The Hall–Kier alpha value is -2.47. The third-order valence-corrected chi connectivity index (χ3v) is 4.90. The van der Waals surface area contributed by atoms with Gasteiger partial charge in [0.2, 0.25) is 0 Å². The van der Waals surface area contributed by atoms with E-state index in [1.807, 2.05) is 24.8 Å². The summed E-state index contributed by atoms with van der Waals surface area (Å²) in [6.07, 6.45) is 12.8. The lowest BCUT2D eigenvalue weighted by Gasteiger charge is -2.24. The maximum Gasteiger partial charge on any atom is 0.139 e. The SMILES string of the molecule is CNC1CCCN(c2ccnc3[nH]cc(-c4cncnc4)c23)CC1. The fourth-order valence-corrected chi connectivity index (χ4v) is 3.59. The van der Waals surface area contributed by atoms with Crippen LogP contribution in [0.15, 0.2) is 37.2 Å². The van der Waals surface area contributed by atoms with Gasteiger partial charge in [-0.05, 0) is 32.4 Å². The number of hydrogen-bond acceptors (Lipinski definition) is 5. The Morgan fingerprint density at radius 1 is 1.21 bits per heavy atom.